The van der Waals surface area contributed by atoms with Gasteiger partial charge in [-0.3, -0.25) is 0 Å². The number of likely N-dealkylation sites (tertiary alicyclic amines) is 1. The number of anilines is 2. The van der Waals surface area contributed by atoms with E-state index in [2.05, 4.69) is 25.2 Å². The van der Waals surface area contributed by atoms with Crippen LogP contribution in [-0.2, 0) is 6.18 Å². The number of piperazine rings is 1. The van der Waals surface area contributed by atoms with Gasteiger partial charge in [0.05, 0.1) is 29.3 Å². The van der Waals surface area contributed by atoms with Crippen LogP contribution in [0.5, 0.6) is 11.9 Å². The fourth-order valence-electron chi connectivity index (χ4n) is 8.64. The van der Waals surface area contributed by atoms with Crippen LogP contribution in [0.25, 0.3) is 22.2 Å². The second kappa shape index (κ2) is 9.73. The van der Waals surface area contributed by atoms with Gasteiger partial charge in [0.25, 0.3) is 5.92 Å². The predicted octanol–water partition coefficient (Wildman–Crippen LogP) is 4.73. The van der Waals surface area contributed by atoms with E-state index in [1.165, 1.54) is 0 Å². The molecule has 0 unspecified atom stereocenters. The number of halogens is 6. The molecule has 7 heterocycles. The molecule has 3 aromatic rings. The lowest BCUT2D eigenvalue weighted by Gasteiger charge is -2.42. The number of hydrogen-bond donors (Lipinski definition) is 2. The Balaban J connectivity index is 1.13. The first-order chi connectivity index (χ1) is 22.7. The van der Waals surface area contributed by atoms with Crippen molar-refractivity contribution in [2.24, 2.45) is 10.8 Å². The van der Waals surface area contributed by atoms with Crippen molar-refractivity contribution >= 4 is 22.5 Å². The number of hydrogen-bond acceptors (Lipinski definition) is 10. The normalized spacial score (nSPS) is 28.9. The number of nitrogens with two attached hydrogens (primary N) is 1. The van der Waals surface area contributed by atoms with E-state index < -0.39 is 51.9 Å². The molecule has 6 aliphatic rings. The zero-order valence-corrected chi connectivity index (χ0v) is 26.3. The summed E-state index contributed by atoms with van der Waals surface area (Å²) in [5, 5.41) is 3.77. The molecule has 9 rings (SSSR count). The molecule has 16 heteroatoms. The molecule has 3 aromatic heterocycles. The molecule has 256 valence electrons. The molecular formula is C32H34F6N8O2. The third-order valence-corrected chi connectivity index (χ3v) is 11.3. The summed E-state index contributed by atoms with van der Waals surface area (Å²) in [5.41, 5.74) is 1.67. The smallest absolute Gasteiger partial charge is 0.418 e. The number of alkyl halides is 5. The van der Waals surface area contributed by atoms with Gasteiger partial charge in [-0.25, -0.2) is 23.1 Å². The molecule has 2 aliphatic carbocycles. The minimum Gasteiger partial charge on any atom is -0.472 e. The largest absolute Gasteiger partial charge is 0.472 e. The van der Waals surface area contributed by atoms with Crippen molar-refractivity contribution < 1.29 is 35.8 Å². The SMILES string of the molecule is Cc1nc(N)cc(-c2nc3c4c(nc(OCC5(CN6CC7(C6)CC7(F)F)CC5)nc4c2F)N2C[C@H]4CC[C@H](N4)[C@H]2[C@H](C)O3)c1C(F)(F)F. The van der Waals surface area contributed by atoms with E-state index in [0.717, 1.165) is 38.7 Å². The number of nitrogens with one attached hydrogen (secondary N) is 1. The fraction of sp³-hybridized carbons (Fsp3) is 0.625. The molecule has 3 saturated heterocycles. The molecule has 2 saturated carbocycles. The van der Waals surface area contributed by atoms with Crippen LogP contribution in [0.2, 0.25) is 0 Å². The number of fused-ring (bicyclic) bond motifs is 5. The summed E-state index contributed by atoms with van der Waals surface area (Å²) in [6, 6.07) is 0.811. The highest BCUT2D eigenvalue weighted by Crippen LogP contribution is 2.66. The zero-order chi connectivity index (χ0) is 33.5. The monoisotopic (exact) mass is 676 g/mol. The van der Waals surface area contributed by atoms with Crippen LogP contribution in [0, 0.1) is 23.6 Å². The van der Waals surface area contributed by atoms with Gasteiger partial charge in [0.15, 0.2) is 5.82 Å². The van der Waals surface area contributed by atoms with E-state index in [4.69, 9.17) is 20.2 Å². The molecule has 4 atom stereocenters. The first kappa shape index (κ1) is 30.4. The lowest BCUT2D eigenvalue weighted by molar-refractivity contribution is -0.137. The summed E-state index contributed by atoms with van der Waals surface area (Å²) in [6.45, 7) is 5.05. The summed E-state index contributed by atoms with van der Waals surface area (Å²) >= 11 is 0. The number of nitrogen functional groups attached to an aromatic ring is 1. The van der Waals surface area contributed by atoms with E-state index >= 15 is 4.39 Å². The average Bonchev–Trinajstić information content (AvgIpc) is 3.84. The van der Waals surface area contributed by atoms with Crippen LogP contribution in [0.1, 0.15) is 50.3 Å². The Kier molecular flexibility index (Phi) is 6.17. The van der Waals surface area contributed by atoms with E-state index in [1.807, 2.05) is 11.8 Å². The second-order valence-corrected chi connectivity index (χ2v) is 14.8. The molecule has 2 bridgehead atoms. The average molecular weight is 677 g/mol. The highest BCUT2D eigenvalue weighted by molar-refractivity contribution is 5.97. The van der Waals surface area contributed by atoms with Crippen molar-refractivity contribution in [1.29, 1.82) is 0 Å². The minimum absolute atomic E-state index is 0.0413. The molecule has 4 aliphatic heterocycles. The summed E-state index contributed by atoms with van der Waals surface area (Å²) in [6.07, 6.45) is -1.95. The third kappa shape index (κ3) is 4.53. The summed E-state index contributed by atoms with van der Waals surface area (Å²) in [7, 11) is 0. The molecule has 0 radical (unpaired) electrons. The zero-order valence-electron chi connectivity index (χ0n) is 26.3. The van der Waals surface area contributed by atoms with Crippen LogP contribution in [0.3, 0.4) is 0 Å². The molecule has 1 spiro atoms. The maximum absolute atomic E-state index is 16.8. The number of aryl methyl sites for hydroxylation is 1. The van der Waals surface area contributed by atoms with Crippen molar-refractivity contribution in [3.8, 4) is 23.1 Å². The van der Waals surface area contributed by atoms with Crippen LogP contribution in [-0.4, -0.2) is 87.8 Å². The number of ether oxygens (including phenoxy) is 2. The van der Waals surface area contributed by atoms with Crippen molar-refractivity contribution in [3.05, 3.63) is 23.1 Å². The minimum atomic E-state index is -4.88. The number of aromatic nitrogens is 4. The summed E-state index contributed by atoms with van der Waals surface area (Å²) < 4.78 is 100.0. The van der Waals surface area contributed by atoms with Gasteiger partial charge in [-0.2, -0.15) is 23.1 Å². The Bertz CT molecular complexity index is 1860. The van der Waals surface area contributed by atoms with Crippen LogP contribution >= 0.6 is 0 Å². The van der Waals surface area contributed by atoms with Crippen molar-refractivity contribution in [1.82, 2.24) is 30.2 Å². The molecule has 48 heavy (non-hydrogen) atoms. The van der Waals surface area contributed by atoms with Crippen molar-refractivity contribution in [2.45, 2.75) is 82.3 Å². The van der Waals surface area contributed by atoms with Crippen molar-refractivity contribution in [3.63, 3.8) is 0 Å². The predicted molar refractivity (Wildman–Crippen MR) is 161 cm³/mol. The van der Waals surface area contributed by atoms with Gasteiger partial charge in [-0.15, -0.1) is 0 Å². The standard InChI is InChI=1S/C32H34F6N8O2/c1-14-21(32(36,37)38)17(7-19(39)40-14)23-22(33)24-20-26(46-8-16-3-4-18(41-16)25(46)15(2)48-27(20)42-23)44-28(43-24)47-13-29(5-6-29)10-45-11-30(12-45)9-31(30,34)35/h7,15-16,18,25,41H,3-6,8-13H2,1-2H3,(H2,39,40)/t15-,16+,18-,25+/m0/s1. The molecule has 3 N–H and O–H groups in total. The van der Waals surface area contributed by atoms with Gasteiger partial charge < -0.3 is 30.3 Å². The molecule has 0 amide bonds. The van der Waals surface area contributed by atoms with Gasteiger partial charge in [-0.05, 0) is 45.6 Å². The second-order valence-electron chi connectivity index (χ2n) is 14.8. The Hall–Kier alpha value is -3.66. The van der Waals surface area contributed by atoms with Gasteiger partial charge >= 0.3 is 12.2 Å². The summed E-state index contributed by atoms with van der Waals surface area (Å²) in [4.78, 5) is 21.5. The lowest BCUT2D eigenvalue weighted by atomic mass is 9.93. The Morgan fingerprint density at radius 1 is 1.12 bits per heavy atom. The molecule has 5 fully saturated rings. The Labute approximate surface area is 271 Å². The number of nitrogens with zero attached hydrogens (tertiary/aromatic N) is 6. The highest BCUT2D eigenvalue weighted by atomic mass is 19.4. The van der Waals surface area contributed by atoms with E-state index in [0.29, 0.717) is 32.0 Å². The fourth-order valence-corrected chi connectivity index (χ4v) is 8.64. The highest BCUT2D eigenvalue weighted by Gasteiger charge is 2.76. The quantitative estimate of drug-likeness (QED) is 0.356. The third-order valence-electron chi connectivity index (χ3n) is 11.3. The number of rotatable bonds is 6. The van der Waals surface area contributed by atoms with Gasteiger partial charge in [0.1, 0.15) is 34.3 Å². The Morgan fingerprint density at radius 2 is 1.88 bits per heavy atom. The van der Waals surface area contributed by atoms with Crippen LogP contribution < -0.4 is 25.4 Å². The Morgan fingerprint density at radius 3 is 2.56 bits per heavy atom. The topological polar surface area (TPSA) is 115 Å². The number of pyridine rings is 2. The van der Waals surface area contributed by atoms with Gasteiger partial charge in [-0.1, -0.05) is 0 Å². The van der Waals surface area contributed by atoms with E-state index in [1.54, 1.807) is 0 Å². The van der Waals surface area contributed by atoms with Gasteiger partial charge in [0.2, 0.25) is 5.88 Å². The first-order valence-electron chi connectivity index (χ1n) is 16.3. The molecule has 10 nitrogen and oxygen atoms in total. The van der Waals surface area contributed by atoms with E-state index in [-0.39, 0.29) is 65.2 Å². The first-order valence-corrected chi connectivity index (χ1v) is 16.3. The lowest BCUT2D eigenvalue weighted by Crippen LogP contribution is -2.62. The van der Waals surface area contributed by atoms with Crippen molar-refractivity contribution in [2.75, 3.05) is 43.4 Å². The molecule has 0 aromatic carbocycles. The maximum atomic E-state index is 16.8. The van der Waals surface area contributed by atoms with Crippen LogP contribution in [0.4, 0.5) is 38.0 Å². The maximum Gasteiger partial charge on any atom is 0.418 e. The molecular weight excluding hydrogens is 642 g/mol. The van der Waals surface area contributed by atoms with Gasteiger partial charge in [0, 0.05) is 55.7 Å². The van der Waals surface area contributed by atoms with Crippen LogP contribution in [0.15, 0.2) is 6.07 Å². The van der Waals surface area contributed by atoms with E-state index in [9.17, 15) is 22.0 Å². The summed E-state index contributed by atoms with van der Waals surface area (Å²) in [5.74, 6) is -3.64.